The molecule has 5 heterocycles. The number of likely N-dealkylation sites (tertiary alicyclic amines) is 1. The lowest BCUT2D eigenvalue weighted by molar-refractivity contribution is 0.00168. The standard InChI is InChI=1S/C30H31N5O3/c1-33-10-8-16(9-11-33)32-17-6-7-22-19(12-17)26-27-20(13-31-30(27)38)25-18-4-2-3-5-21(18)34-14-23(36)24(37)15-35(22)29(26)28(25)34/h2-7,12-13,16,23-24,31-32,36-38H,8-11,14-15H2,1H3. The fraction of sp³-hybridized carbons (Fsp3) is 0.333. The summed E-state index contributed by atoms with van der Waals surface area (Å²) in [5.74, 6) is 0.147. The van der Waals surface area contributed by atoms with Crippen molar-refractivity contribution in [3.63, 3.8) is 0 Å². The van der Waals surface area contributed by atoms with E-state index in [0.717, 1.165) is 86.0 Å². The van der Waals surface area contributed by atoms with Crippen LogP contribution in [0.25, 0.3) is 54.4 Å². The quantitative estimate of drug-likeness (QED) is 0.239. The van der Waals surface area contributed by atoms with Crippen molar-refractivity contribution in [3.05, 3.63) is 48.7 Å². The molecule has 2 aliphatic heterocycles. The number of aromatic nitrogens is 3. The zero-order valence-electron chi connectivity index (χ0n) is 21.3. The molecule has 5 N–H and O–H groups in total. The molecule has 38 heavy (non-hydrogen) atoms. The van der Waals surface area contributed by atoms with Crippen molar-refractivity contribution in [2.75, 3.05) is 25.5 Å². The number of benzene rings is 3. The number of piperidine rings is 1. The van der Waals surface area contributed by atoms with Crippen molar-refractivity contribution in [1.82, 2.24) is 19.0 Å². The Morgan fingerprint density at radius 1 is 0.816 bits per heavy atom. The number of nitrogens with one attached hydrogen (secondary N) is 2. The minimum Gasteiger partial charge on any atom is -0.494 e. The molecule has 3 aromatic heterocycles. The number of para-hydroxylation sites is 1. The molecule has 3 aromatic carbocycles. The number of nitrogens with zero attached hydrogens (tertiary/aromatic N) is 3. The number of aromatic amines is 1. The number of fused-ring (bicyclic) bond motifs is 9. The molecule has 8 nitrogen and oxygen atoms in total. The topological polar surface area (TPSA) is 102 Å². The van der Waals surface area contributed by atoms with E-state index in [0.29, 0.717) is 12.6 Å². The monoisotopic (exact) mass is 509 g/mol. The molecular weight excluding hydrogens is 478 g/mol. The highest BCUT2D eigenvalue weighted by molar-refractivity contribution is 6.37. The van der Waals surface area contributed by atoms with Gasteiger partial charge in [0.25, 0.3) is 0 Å². The highest BCUT2D eigenvalue weighted by Crippen LogP contribution is 2.48. The third kappa shape index (κ3) is 2.96. The molecule has 8 rings (SSSR count). The first-order valence-electron chi connectivity index (χ1n) is 13.5. The second-order valence-corrected chi connectivity index (χ2v) is 11.2. The maximum absolute atomic E-state index is 11.1. The predicted octanol–water partition coefficient (Wildman–Crippen LogP) is 4.33. The second kappa shape index (κ2) is 7.89. The Kier molecular flexibility index (Phi) is 4.63. The van der Waals surface area contributed by atoms with Gasteiger partial charge in [-0.1, -0.05) is 18.2 Å². The van der Waals surface area contributed by atoms with E-state index in [1.165, 1.54) is 0 Å². The Morgan fingerprint density at radius 2 is 1.50 bits per heavy atom. The van der Waals surface area contributed by atoms with Gasteiger partial charge in [0.2, 0.25) is 0 Å². The molecule has 0 spiro atoms. The summed E-state index contributed by atoms with van der Waals surface area (Å²) in [6.45, 7) is 2.74. The SMILES string of the molecule is CN1CCC(Nc2ccc3c(c2)c2c4c(O)[nH]cc4c4c5ccccc5n5c4c2n3CC(O)C(O)C5)CC1. The first-order valence-corrected chi connectivity index (χ1v) is 13.5. The van der Waals surface area contributed by atoms with Gasteiger partial charge in [0.05, 0.1) is 41.7 Å². The minimum atomic E-state index is -0.925. The van der Waals surface area contributed by atoms with Crippen LogP contribution in [0.5, 0.6) is 5.88 Å². The number of H-pyrrole nitrogens is 1. The molecule has 6 aromatic rings. The van der Waals surface area contributed by atoms with E-state index in [4.69, 9.17) is 0 Å². The molecule has 2 aliphatic rings. The van der Waals surface area contributed by atoms with Crippen LogP contribution in [-0.2, 0) is 13.1 Å². The summed E-state index contributed by atoms with van der Waals surface area (Å²) >= 11 is 0. The Morgan fingerprint density at radius 3 is 2.26 bits per heavy atom. The summed E-state index contributed by atoms with van der Waals surface area (Å²) in [5, 5.41) is 42.9. The van der Waals surface area contributed by atoms with E-state index in [1.807, 2.05) is 18.3 Å². The summed E-state index contributed by atoms with van der Waals surface area (Å²) < 4.78 is 4.29. The van der Waals surface area contributed by atoms with Crippen molar-refractivity contribution >= 4 is 60.1 Å². The molecule has 194 valence electrons. The van der Waals surface area contributed by atoms with E-state index < -0.39 is 12.2 Å². The van der Waals surface area contributed by atoms with Crippen molar-refractivity contribution in [3.8, 4) is 5.88 Å². The van der Waals surface area contributed by atoms with Gasteiger partial charge in [-0.15, -0.1) is 0 Å². The molecule has 0 radical (unpaired) electrons. The average molecular weight is 510 g/mol. The maximum atomic E-state index is 11.1. The molecule has 1 saturated heterocycles. The van der Waals surface area contributed by atoms with Crippen LogP contribution >= 0.6 is 0 Å². The third-order valence-electron chi connectivity index (χ3n) is 8.91. The normalized spacial score (nSPS) is 21.3. The number of aromatic hydroxyl groups is 1. The molecule has 2 atom stereocenters. The molecule has 0 aliphatic carbocycles. The van der Waals surface area contributed by atoms with Gasteiger partial charge >= 0.3 is 0 Å². The number of anilines is 1. The van der Waals surface area contributed by atoms with Crippen LogP contribution in [0.2, 0.25) is 0 Å². The smallest absolute Gasteiger partial charge is 0.197 e. The van der Waals surface area contributed by atoms with Gasteiger partial charge in [-0.25, -0.2) is 0 Å². The molecular formula is C30H31N5O3. The summed E-state index contributed by atoms with van der Waals surface area (Å²) in [7, 11) is 2.17. The summed E-state index contributed by atoms with van der Waals surface area (Å²) in [6, 6.07) is 15.0. The second-order valence-electron chi connectivity index (χ2n) is 11.2. The Balaban J connectivity index is 1.50. The van der Waals surface area contributed by atoms with Crippen LogP contribution in [-0.4, -0.2) is 72.7 Å². The van der Waals surface area contributed by atoms with Crippen LogP contribution in [0, 0.1) is 0 Å². The largest absolute Gasteiger partial charge is 0.494 e. The van der Waals surface area contributed by atoms with Gasteiger partial charge in [-0.2, -0.15) is 0 Å². The Bertz CT molecular complexity index is 1890. The van der Waals surface area contributed by atoms with E-state index in [2.05, 4.69) is 61.7 Å². The molecule has 2 unspecified atom stereocenters. The van der Waals surface area contributed by atoms with E-state index in [1.54, 1.807) is 0 Å². The zero-order chi connectivity index (χ0) is 25.7. The zero-order valence-corrected chi connectivity index (χ0v) is 21.3. The fourth-order valence-electron chi connectivity index (χ4n) is 7.01. The molecule has 1 fully saturated rings. The Hall–Kier alpha value is -3.72. The first kappa shape index (κ1) is 22.3. The Labute approximate surface area is 218 Å². The van der Waals surface area contributed by atoms with Crippen LogP contribution in [0.1, 0.15) is 12.8 Å². The van der Waals surface area contributed by atoms with Crippen LogP contribution < -0.4 is 5.32 Å². The van der Waals surface area contributed by atoms with Gasteiger partial charge in [0.1, 0.15) is 0 Å². The molecule has 8 heteroatoms. The van der Waals surface area contributed by atoms with Gasteiger partial charge in [-0.3, -0.25) is 0 Å². The lowest BCUT2D eigenvalue weighted by atomic mass is 10.0. The van der Waals surface area contributed by atoms with Crippen LogP contribution in [0.3, 0.4) is 0 Å². The summed E-state index contributed by atoms with van der Waals surface area (Å²) in [5.41, 5.74) is 5.06. The van der Waals surface area contributed by atoms with Crippen molar-refractivity contribution in [1.29, 1.82) is 0 Å². The van der Waals surface area contributed by atoms with Gasteiger partial charge in [0.15, 0.2) is 5.88 Å². The fourth-order valence-corrected chi connectivity index (χ4v) is 7.01. The number of aliphatic hydroxyl groups is 2. The maximum Gasteiger partial charge on any atom is 0.197 e. The van der Waals surface area contributed by atoms with E-state index in [9.17, 15) is 15.3 Å². The van der Waals surface area contributed by atoms with Crippen molar-refractivity contribution in [2.45, 2.75) is 44.2 Å². The number of aliphatic hydroxyl groups excluding tert-OH is 2. The molecule has 0 saturated carbocycles. The minimum absolute atomic E-state index is 0.147. The first-order chi connectivity index (χ1) is 18.5. The van der Waals surface area contributed by atoms with Gasteiger partial charge < -0.3 is 39.7 Å². The number of rotatable bonds is 2. The van der Waals surface area contributed by atoms with E-state index >= 15 is 0 Å². The lowest BCUT2D eigenvalue weighted by Crippen LogP contribution is -2.36. The summed E-state index contributed by atoms with van der Waals surface area (Å²) in [4.78, 5) is 5.45. The number of hydrogen-bond donors (Lipinski definition) is 5. The molecule has 0 bridgehead atoms. The van der Waals surface area contributed by atoms with Gasteiger partial charge in [0, 0.05) is 55.9 Å². The van der Waals surface area contributed by atoms with Crippen LogP contribution in [0.15, 0.2) is 48.7 Å². The van der Waals surface area contributed by atoms with Gasteiger partial charge in [-0.05, 0) is 57.2 Å². The average Bonchev–Trinajstić information content (AvgIpc) is 3.55. The van der Waals surface area contributed by atoms with Crippen molar-refractivity contribution in [2.24, 2.45) is 0 Å². The van der Waals surface area contributed by atoms with E-state index in [-0.39, 0.29) is 12.4 Å². The number of hydrogen-bond acceptors (Lipinski definition) is 5. The highest BCUT2D eigenvalue weighted by atomic mass is 16.3. The summed E-state index contributed by atoms with van der Waals surface area (Å²) in [6.07, 6.45) is 2.26. The van der Waals surface area contributed by atoms with Crippen LogP contribution in [0.4, 0.5) is 5.69 Å². The lowest BCUT2D eigenvalue weighted by Gasteiger charge is -2.30. The van der Waals surface area contributed by atoms with Crippen molar-refractivity contribution < 1.29 is 15.3 Å². The highest BCUT2D eigenvalue weighted by Gasteiger charge is 2.30. The predicted molar refractivity (Wildman–Crippen MR) is 152 cm³/mol. The molecule has 0 amide bonds. The third-order valence-corrected chi connectivity index (χ3v) is 8.91.